The van der Waals surface area contributed by atoms with Gasteiger partial charge in [-0.05, 0) is 38.8 Å². The largest absolute Gasteiger partial charge is 0.453 e. The molecule has 1 aliphatic carbocycles. The van der Waals surface area contributed by atoms with E-state index in [4.69, 9.17) is 9.72 Å². The van der Waals surface area contributed by atoms with Crippen LogP contribution in [-0.4, -0.2) is 36.3 Å². The third-order valence-corrected chi connectivity index (χ3v) is 5.14. The molecule has 0 unspecified atom stereocenters. The van der Waals surface area contributed by atoms with Crippen molar-refractivity contribution in [2.45, 2.75) is 51.9 Å². The van der Waals surface area contributed by atoms with Crippen LogP contribution in [0.3, 0.4) is 0 Å². The fourth-order valence-electron chi connectivity index (χ4n) is 3.72. The van der Waals surface area contributed by atoms with Gasteiger partial charge in [0.25, 0.3) is 0 Å². The molecule has 0 aliphatic heterocycles. The maximum Gasteiger partial charge on any atom is 0.411 e. The zero-order valence-electron chi connectivity index (χ0n) is 15.4. The van der Waals surface area contributed by atoms with E-state index in [1.54, 1.807) is 0 Å². The summed E-state index contributed by atoms with van der Waals surface area (Å²) in [6.07, 6.45) is 5.84. The van der Waals surface area contributed by atoms with E-state index in [1.165, 1.54) is 39.2 Å². The molecular weight excluding hydrogens is 316 g/mol. The van der Waals surface area contributed by atoms with E-state index in [0.717, 1.165) is 41.3 Å². The highest BCUT2D eigenvalue weighted by Gasteiger charge is 2.20. The van der Waals surface area contributed by atoms with Crippen molar-refractivity contribution >= 4 is 28.5 Å². The van der Waals surface area contributed by atoms with Gasteiger partial charge in [-0.25, -0.2) is 9.78 Å². The molecule has 2 N–H and O–H groups in total. The molecule has 0 bridgehead atoms. The van der Waals surface area contributed by atoms with E-state index in [9.17, 15) is 4.79 Å². The molecule has 1 aromatic heterocycles. The topological polar surface area (TPSA) is 70.2 Å². The zero-order valence-corrected chi connectivity index (χ0v) is 15.4. The minimum Gasteiger partial charge on any atom is -0.453 e. The quantitative estimate of drug-likeness (QED) is 0.829. The number of aromatic nitrogens is 2. The fraction of sp³-hybridized carbons (Fsp3) is 0.579. The molecule has 1 saturated carbocycles. The number of hydrogen-bond acceptors (Lipinski definition) is 4. The third kappa shape index (κ3) is 3.72. The summed E-state index contributed by atoms with van der Waals surface area (Å²) in [6.45, 7) is 5.93. The molecule has 2 aromatic rings. The Kier molecular flexibility index (Phi) is 5.46. The standard InChI is InChI=1S/C19H28N4O2/c1-4-23(5-2)17-12-15-14(11-16(17)22-19(24)25-3)20-18(21-15)13-9-7-6-8-10-13/h11-13H,4-10H2,1-3H3,(H,20,21)(H,22,24). The molecule has 1 aromatic carbocycles. The van der Waals surface area contributed by atoms with Gasteiger partial charge in [0.2, 0.25) is 0 Å². The van der Waals surface area contributed by atoms with Crippen molar-refractivity contribution in [2.24, 2.45) is 0 Å². The summed E-state index contributed by atoms with van der Waals surface area (Å²) in [5, 5.41) is 2.84. The second kappa shape index (κ2) is 7.76. The Bertz CT molecular complexity index is 730. The molecule has 3 rings (SSSR count). The van der Waals surface area contributed by atoms with Crippen LogP contribution in [0, 0.1) is 0 Å². The van der Waals surface area contributed by atoms with Gasteiger partial charge in [-0.2, -0.15) is 0 Å². The monoisotopic (exact) mass is 344 g/mol. The van der Waals surface area contributed by atoms with Gasteiger partial charge < -0.3 is 14.6 Å². The van der Waals surface area contributed by atoms with Crippen molar-refractivity contribution < 1.29 is 9.53 Å². The number of ether oxygens (including phenoxy) is 1. The predicted octanol–water partition coefficient (Wildman–Crippen LogP) is 4.64. The summed E-state index contributed by atoms with van der Waals surface area (Å²) >= 11 is 0. The van der Waals surface area contributed by atoms with Gasteiger partial charge in [-0.15, -0.1) is 0 Å². The third-order valence-electron chi connectivity index (χ3n) is 5.14. The lowest BCUT2D eigenvalue weighted by Crippen LogP contribution is -2.24. The first-order valence-corrected chi connectivity index (χ1v) is 9.29. The zero-order chi connectivity index (χ0) is 17.8. The number of anilines is 2. The molecular formula is C19H28N4O2. The van der Waals surface area contributed by atoms with Crippen molar-refractivity contribution in [3.05, 3.63) is 18.0 Å². The summed E-state index contributed by atoms with van der Waals surface area (Å²) in [5.74, 6) is 1.60. The van der Waals surface area contributed by atoms with Crippen molar-refractivity contribution in [3.8, 4) is 0 Å². The molecule has 0 saturated heterocycles. The molecule has 0 spiro atoms. The number of nitrogens with one attached hydrogen (secondary N) is 2. The lowest BCUT2D eigenvalue weighted by atomic mass is 9.89. The Morgan fingerprint density at radius 1 is 1.28 bits per heavy atom. The summed E-state index contributed by atoms with van der Waals surface area (Å²) in [7, 11) is 1.38. The molecule has 1 aliphatic rings. The summed E-state index contributed by atoms with van der Waals surface area (Å²) in [5.41, 5.74) is 3.65. The Morgan fingerprint density at radius 2 is 2.00 bits per heavy atom. The van der Waals surface area contributed by atoms with Gasteiger partial charge in [0.05, 0.1) is 29.5 Å². The van der Waals surface area contributed by atoms with Crippen LogP contribution >= 0.6 is 0 Å². The fourth-order valence-corrected chi connectivity index (χ4v) is 3.72. The lowest BCUT2D eigenvalue weighted by molar-refractivity contribution is 0.187. The van der Waals surface area contributed by atoms with Gasteiger partial charge in [0.1, 0.15) is 5.82 Å². The Balaban J connectivity index is 2.01. The first-order chi connectivity index (χ1) is 12.2. The van der Waals surface area contributed by atoms with Gasteiger partial charge in [0, 0.05) is 19.0 Å². The van der Waals surface area contributed by atoms with Crippen molar-refractivity contribution in [1.29, 1.82) is 0 Å². The Hall–Kier alpha value is -2.24. The van der Waals surface area contributed by atoms with E-state index in [-0.39, 0.29) is 0 Å². The van der Waals surface area contributed by atoms with Crippen LogP contribution in [0.2, 0.25) is 0 Å². The number of imidazole rings is 1. The number of methoxy groups -OCH3 is 1. The second-order valence-corrected chi connectivity index (χ2v) is 6.63. The van der Waals surface area contributed by atoms with E-state index in [1.807, 2.05) is 6.07 Å². The number of amides is 1. The minimum atomic E-state index is -0.459. The number of benzene rings is 1. The second-order valence-electron chi connectivity index (χ2n) is 6.63. The van der Waals surface area contributed by atoms with E-state index >= 15 is 0 Å². The van der Waals surface area contributed by atoms with Crippen molar-refractivity contribution in [1.82, 2.24) is 9.97 Å². The molecule has 1 heterocycles. The van der Waals surface area contributed by atoms with Gasteiger partial charge in [-0.3, -0.25) is 5.32 Å². The van der Waals surface area contributed by atoms with Crippen LogP contribution in [0.5, 0.6) is 0 Å². The molecule has 6 nitrogen and oxygen atoms in total. The van der Waals surface area contributed by atoms with Gasteiger partial charge in [0.15, 0.2) is 0 Å². The Morgan fingerprint density at radius 3 is 2.64 bits per heavy atom. The predicted molar refractivity (Wildman–Crippen MR) is 102 cm³/mol. The summed E-state index contributed by atoms with van der Waals surface area (Å²) in [6, 6.07) is 4.04. The average Bonchev–Trinajstić information content (AvgIpc) is 3.06. The molecule has 0 atom stereocenters. The summed E-state index contributed by atoms with van der Waals surface area (Å²) in [4.78, 5) is 22.3. The van der Waals surface area contributed by atoms with Crippen LogP contribution in [0.15, 0.2) is 12.1 Å². The smallest absolute Gasteiger partial charge is 0.411 e. The molecule has 136 valence electrons. The van der Waals surface area contributed by atoms with Crippen molar-refractivity contribution in [3.63, 3.8) is 0 Å². The van der Waals surface area contributed by atoms with E-state index < -0.39 is 6.09 Å². The first kappa shape index (κ1) is 17.6. The number of rotatable bonds is 5. The molecule has 0 radical (unpaired) electrons. The SMILES string of the molecule is CCN(CC)c1cc2nc(C3CCCCC3)[nH]c2cc1NC(=O)OC. The number of carbonyl (C=O) groups is 1. The lowest BCUT2D eigenvalue weighted by Gasteiger charge is -2.24. The minimum absolute atomic E-state index is 0.459. The highest BCUT2D eigenvalue weighted by Crippen LogP contribution is 2.35. The maximum absolute atomic E-state index is 11.7. The van der Waals surface area contributed by atoms with Crippen LogP contribution < -0.4 is 10.2 Å². The van der Waals surface area contributed by atoms with Crippen LogP contribution in [0.25, 0.3) is 11.0 Å². The number of nitrogens with zero attached hydrogens (tertiary/aromatic N) is 2. The highest BCUT2D eigenvalue weighted by molar-refractivity contribution is 5.95. The maximum atomic E-state index is 11.7. The molecule has 1 amide bonds. The number of hydrogen-bond donors (Lipinski definition) is 2. The first-order valence-electron chi connectivity index (χ1n) is 9.29. The normalized spacial score (nSPS) is 15.3. The van der Waals surface area contributed by atoms with E-state index in [0.29, 0.717) is 5.92 Å². The van der Waals surface area contributed by atoms with Crippen LogP contribution in [0.1, 0.15) is 57.7 Å². The number of carbonyl (C=O) groups excluding carboxylic acids is 1. The molecule has 1 fully saturated rings. The van der Waals surface area contributed by atoms with Crippen LogP contribution in [0.4, 0.5) is 16.2 Å². The Labute approximate surface area is 149 Å². The average molecular weight is 344 g/mol. The molecule has 6 heteroatoms. The number of H-pyrrole nitrogens is 1. The van der Waals surface area contributed by atoms with E-state index in [2.05, 4.69) is 35.1 Å². The highest BCUT2D eigenvalue weighted by atomic mass is 16.5. The van der Waals surface area contributed by atoms with Crippen molar-refractivity contribution in [2.75, 3.05) is 30.4 Å². The van der Waals surface area contributed by atoms with Gasteiger partial charge in [-0.1, -0.05) is 19.3 Å². The number of fused-ring (bicyclic) bond motifs is 1. The number of aromatic amines is 1. The van der Waals surface area contributed by atoms with Gasteiger partial charge >= 0.3 is 6.09 Å². The van der Waals surface area contributed by atoms with Crippen LogP contribution in [-0.2, 0) is 4.74 Å². The summed E-state index contributed by atoms with van der Waals surface area (Å²) < 4.78 is 4.77. The molecule has 25 heavy (non-hydrogen) atoms.